The Morgan fingerprint density at radius 3 is 2.53 bits per heavy atom. The van der Waals surface area contributed by atoms with E-state index in [1.54, 1.807) is 7.05 Å². The van der Waals surface area contributed by atoms with Crippen molar-refractivity contribution in [2.45, 2.75) is 51.4 Å². The maximum atomic E-state index is 12.4. The number of nitrogens with zero attached hydrogens (tertiary/aromatic N) is 1. The van der Waals surface area contributed by atoms with Gasteiger partial charge in [-0.1, -0.05) is 0 Å². The van der Waals surface area contributed by atoms with Gasteiger partial charge in [0.15, 0.2) is 0 Å². The highest BCUT2D eigenvalue weighted by atomic mass is 16.5. The van der Waals surface area contributed by atoms with E-state index >= 15 is 0 Å². The number of hydrogen-bond donors (Lipinski definition) is 1. The Morgan fingerprint density at radius 2 is 2.12 bits per heavy atom. The van der Waals surface area contributed by atoms with Crippen LogP contribution in [0, 0.1) is 5.41 Å². The predicted molar refractivity (Wildman–Crippen MR) is 60.5 cm³/mol. The fourth-order valence-electron chi connectivity index (χ4n) is 2.90. The first-order valence-corrected chi connectivity index (χ1v) is 6.02. The van der Waals surface area contributed by atoms with Crippen molar-refractivity contribution in [3.63, 3.8) is 0 Å². The van der Waals surface area contributed by atoms with Gasteiger partial charge in [-0.15, -0.1) is 0 Å². The van der Waals surface area contributed by atoms with Gasteiger partial charge < -0.3 is 14.7 Å². The molecule has 2 heterocycles. The minimum absolute atomic E-state index is 0.0385. The molecule has 5 heteroatoms. The van der Waals surface area contributed by atoms with Gasteiger partial charge in [-0.25, -0.2) is 4.79 Å². The molecule has 2 aliphatic heterocycles. The zero-order chi connectivity index (χ0) is 12.8. The Hall–Kier alpha value is -1.10. The van der Waals surface area contributed by atoms with Gasteiger partial charge in [-0.2, -0.15) is 0 Å². The first-order valence-electron chi connectivity index (χ1n) is 6.02. The van der Waals surface area contributed by atoms with E-state index in [-0.39, 0.29) is 18.1 Å². The molecule has 17 heavy (non-hydrogen) atoms. The summed E-state index contributed by atoms with van der Waals surface area (Å²) in [7, 11) is 1.55. The van der Waals surface area contributed by atoms with Crippen LogP contribution in [0.5, 0.6) is 0 Å². The Labute approximate surface area is 101 Å². The second-order valence-electron chi connectivity index (χ2n) is 5.38. The van der Waals surface area contributed by atoms with Crippen molar-refractivity contribution in [2.75, 3.05) is 7.05 Å². The Morgan fingerprint density at radius 1 is 1.47 bits per heavy atom. The summed E-state index contributed by atoms with van der Waals surface area (Å²) in [4.78, 5) is 24.6. The summed E-state index contributed by atoms with van der Waals surface area (Å²) in [5, 5.41) is 8.93. The van der Waals surface area contributed by atoms with Crippen molar-refractivity contribution in [1.29, 1.82) is 0 Å². The van der Waals surface area contributed by atoms with Crippen molar-refractivity contribution in [3.8, 4) is 0 Å². The molecule has 0 saturated carbocycles. The fourth-order valence-corrected chi connectivity index (χ4v) is 2.90. The molecule has 0 aliphatic carbocycles. The van der Waals surface area contributed by atoms with E-state index in [0.29, 0.717) is 6.42 Å². The topological polar surface area (TPSA) is 66.8 Å². The minimum Gasteiger partial charge on any atom is -0.480 e. The average molecular weight is 241 g/mol. The van der Waals surface area contributed by atoms with Crippen LogP contribution < -0.4 is 0 Å². The zero-order valence-corrected chi connectivity index (χ0v) is 10.5. The Balaban J connectivity index is 2.12. The monoisotopic (exact) mass is 241 g/mol. The molecule has 1 N–H and O–H groups in total. The van der Waals surface area contributed by atoms with Crippen LogP contribution in [-0.4, -0.2) is 47.2 Å². The lowest BCUT2D eigenvalue weighted by Gasteiger charge is -2.35. The maximum Gasteiger partial charge on any atom is 0.326 e. The number of hydrogen-bond acceptors (Lipinski definition) is 3. The summed E-state index contributed by atoms with van der Waals surface area (Å²) in [6, 6.07) is -0.793. The number of likely N-dealkylation sites (N-methyl/N-ethyl adjacent to an activating group) is 1. The molecule has 0 aromatic rings. The number of carboxylic acid groups (broad SMARTS) is 1. The molecule has 0 radical (unpaired) electrons. The van der Waals surface area contributed by atoms with Crippen LogP contribution in [0.3, 0.4) is 0 Å². The van der Waals surface area contributed by atoms with Gasteiger partial charge in [0.25, 0.3) is 0 Å². The number of fused-ring (bicyclic) bond motifs is 2. The summed E-state index contributed by atoms with van der Waals surface area (Å²) >= 11 is 0. The van der Waals surface area contributed by atoms with E-state index in [9.17, 15) is 9.59 Å². The molecular weight excluding hydrogens is 222 g/mol. The summed E-state index contributed by atoms with van der Waals surface area (Å²) in [5.74, 6) is -1.09. The summed E-state index contributed by atoms with van der Waals surface area (Å²) in [6.45, 7) is 3.42. The molecule has 4 unspecified atom stereocenters. The van der Waals surface area contributed by atoms with E-state index < -0.39 is 17.4 Å². The van der Waals surface area contributed by atoms with E-state index in [0.717, 1.165) is 12.8 Å². The molecule has 5 nitrogen and oxygen atoms in total. The highest BCUT2D eigenvalue weighted by Crippen LogP contribution is 2.48. The molecule has 0 spiro atoms. The number of carboxylic acids is 1. The maximum absolute atomic E-state index is 12.4. The third kappa shape index (κ3) is 1.82. The normalized spacial score (nSPS) is 36.9. The predicted octanol–water partition coefficient (Wildman–Crippen LogP) is 0.875. The van der Waals surface area contributed by atoms with Crippen molar-refractivity contribution < 1.29 is 19.4 Å². The third-order valence-corrected chi connectivity index (χ3v) is 4.22. The third-order valence-electron chi connectivity index (χ3n) is 4.22. The molecule has 0 aromatic carbocycles. The Kier molecular flexibility index (Phi) is 2.89. The molecule has 2 fully saturated rings. The zero-order valence-electron chi connectivity index (χ0n) is 10.5. The number of rotatable bonds is 3. The molecule has 4 atom stereocenters. The second-order valence-corrected chi connectivity index (χ2v) is 5.38. The average Bonchev–Trinajstić information content (AvgIpc) is 2.86. The lowest BCUT2D eigenvalue weighted by Crippen LogP contribution is -2.50. The van der Waals surface area contributed by atoms with Gasteiger partial charge in [0.1, 0.15) is 6.04 Å². The smallest absolute Gasteiger partial charge is 0.326 e. The molecule has 2 saturated heterocycles. The van der Waals surface area contributed by atoms with Gasteiger partial charge in [0, 0.05) is 7.05 Å². The molecule has 2 rings (SSSR count). The van der Waals surface area contributed by atoms with E-state index in [2.05, 4.69) is 0 Å². The van der Waals surface area contributed by atoms with Crippen LogP contribution in [0.15, 0.2) is 0 Å². The van der Waals surface area contributed by atoms with Crippen LogP contribution in [0.4, 0.5) is 0 Å². The van der Waals surface area contributed by atoms with Crippen LogP contribution in [0.2, 0.25) is 0 Å². The lowest BCUT2D eigenvalue weighted by atomic mass is 9.74. The summed E-state index contributed by atoms with van der Waals surface area (Å²) in [5.41, 5.74) is -0.540. The lowest BCUT2D eigenvalue weighted by molar-refractivity contribution is -0.154. The van der Waals surface area contributed by atoms with Gasteiger partial charge in [0.05, 0.1) is 17.6 Å². The second kappa shape index (κ2) is 3.98. The van der Waals surface area contributed by atoms with Gasteiger partial charge >= 0.3 is 5.97 Å². The van der Waals surface area contributed by atoms with E-state index in [1.807, 2.05) is 6.92 Å². The highest BCUT2D eigenvalue weighted by molar-refractivity contribution is 5.87. The standard InChI is InChI=1S/C12H19NO4/c1-7(10(14)15)13(3)11(16)12(2)6-8-4-5-9(12)17-8/h7-9H,4-6H2,1-3H3,(H,14,15). The van der Waals surface area contributed by atoms with E-state index in [1.165, 1.54) is 11.8 Å². The van der Waals surface area contributed by atoms with Gasteiger partial charge in [-0.05, 0) is 33.1 Å². The number of ether oxygens (including phenoxy) is 1. The quantitative estimate of drug-likeness (QED) is 0.796. The van der Waals surface area contributed by atoms with E-state index in [4.69, 9.17) is 9.84 Å². The number of aliphatic carboxylic acids is 1. The molecule has 2 bridgehead atoms. The van der Waals surface area contributed by atoms with Gasteiger partial charge in [0.2, 0.25) is 5.91 Å². The summed E-state index contributed by atoms with van der Waals surface area (Å²) < 4.78 is 5.70. The Bertz CT molecular complexity index is 356. The number of carbonyl (C=O) groups is 2. The molecule has 0 aromatic heterocycles. The molecule has 1 amide bonds. The van der Waals surface area contributed by atoms with Crippen LogP contribution in [0.1, 0.15) is 33.1 Å². The first-order chi connectivity index (χ1) is 7.86. The number of amides is 1. The van der Waals surface area contributed by atoms with Crippen molar-refractivity contribution >= 4 is 11.9 Å². The van der Waals surface area contributed by atoms with Gasteiger partial charge in [-0.3, -0.25) is 4.79 Å². The summed E-state index contributed by atoms with van der Waals surface area (Å²) in [6.07, 6.45) is 2.78. The van der Waals surface area contributed by atoms with Crippen LogP contribution in [-0.2, 0) is 14.3 Å². The van der Waals surface area contributed by atoms with Crippen molar-refractivity contribution in [3.05, 3.63) is 0 Å². The minimum atomic E-state index is -0.978. The largest absolute Gasteiger partial charge is 0.480 e. The fraction of sp³-hybridized carbons (Fsp3) is 0.833. The van der Waals surface area contributed by atoms with Crippen LogP contribution >= 0.6 is 0 Å². The first kappa shape index (κ1) is 12.4. The SMILES string of the molecule is CC(C(=O)O)N(C)C(=O)C1(C)CC2CCC1O2. The molecule has 2 aliphatic rings. The van der Waals surface area contributed by atoms with Crippen molar-refractivity contribution in [1.82, 2.24) is 4.90 Å². The molecule has 96 valence electrons. The highest BCUT2D eigenvalue weighted by Gasteiger charge is 2.55. The van der Waals surface area contributed by atoms with Crippen LogP contribution in [0.25, 0.3) is 0 Å². The van der Waals surface area contributed by atoms with Crippen molar-refractivity contribution in [2.24, 2.45) is 5.41 Å². The number of carbonyl (C=O) groups excluding carboxylic acids is 1. The molecular formula is C12H19NO4.